The Morgan fingerprint density at radius 2 is 2.14 bits per heavy atom. The number of halogens is 1. The third-order valence-corrected chi connectivity index (χ3v) is 5.74. The highest BCUT2D eigenvalue weighted by Gasteiger charge is 2.25. The first-order valence-corrected chi connectivity index (χ1v) is 10.4. The number of hydrogen-bond donors (Lipinski definition) is 2. The number of thiophene rings is 1. The lowest BCUT2D eigenvalue weighted by Gasteiger charge is -2.15. The van der Waals surface area contributed by atoms with Crippen LogP contribution < -0.4 is 10.6 Å². The van der Waals surface area contributed by atoms with Crippen LogP contribution in [0.5, 0.6) is 0 Å². The first-order valence-electron chi connectivity index (χ1n) is 9.10. The van der Waals surface area contributed by atoms with Gasteiger partial charge in [0.2, 0.25) is 5.91 Å². The lowest BCUT2D eigenvalue weighted by molar-refractivity contribution is -0.122. The highest BCUT2D eigenvalue weighted by atomic mass is 35.5. The summed E-state index contributed by atoms with van der Waals surface area (Å²) < 4.78 is 1.57. The van der Waals surface area contributed by atoms with Crippen LogP contribution in [0.15, 0.2) is 47.8 Å². The summed E-state index contributed by atoms with van der Waals surface area (Å²) in [5.74, 6) is -0.476. The molecular weight excluding hydrogens is 396 g/mol. The molecule has 1 saturated heterocycles. The van der Waals surface area contributed by atoms with Crippen LogP contribution in [0.2, 0.25) is 5.02 Å². The zero-order valence-corrected chi connectivity index (χ0v) is 16.6. The maximum absolute atomic E-state index is 13.1. The summed E-state index contributed by atoms with van der Waals surface area (Å²) in [7, 11) is 0. The lowest BCUT2D eigenvalue weighted by Crippen LogP contribution is -2.45. The van der Waals surface area contributed by atoms with Crippen molar-refractivity contribution in [1.29, 1.82) is 0 Å². The van der Waals surface area contributed by atoms with Gasteiger partial charge >= 0.3 is 0 Å². The lowest BCUT2D eigenvalue weighted by atomic mass is 10.1. The van der Waals surface area contributed by atoms with Gasteiger partial charge in [-0.3, -0.25) is 9.59 Å². The number of benzene rings is 1. The number of carbonyl (C=O) groups excluding carboxylic acids is 2. The number of hydrogen-bond acceptors (Lipinski definition) is 4. The fraction of sp³-hybridized carbons (Fsp3) is 0.250. The summed E-state index contributed by atoms with van der Waals surface area (Å²) in [6, 6.07) is 12.3. The molecule has 2 aromatic heterocycles. The number of carbonyl (C=O) groups is 2. The first-order chi connectivity index (χ1) is 13.6. The molecule has 4 rings (SSSR count). The predicted molar refractivity (Wildman–Crippen MR) is 110 cm³/mol. The average Bonchev–Trinajstić information content (AvgIpc) is 3.32. The van der Waals surface area contributed by atoms with E-state index in [9.17, 15) is 9.59 Å². The molecule has 1 aliphatic heterocycles. The van der Waals surface area contributed by atoms with Crippen molar-refractivity contribution in [2.24, 2.45) is 0 Å². The molecule has 1 aromatic carbocycles. The quantitative estimate of drug-likeness (QED) is 0.684. The molecular formula is C20H19ClN4O2S. The van der Waals surface area contributed by atoms with Crippen LogP contribution in [0.1, 0.15) is 29.8 Å². The largest absolute Gasteiger partial charge is 0.354 e. The molecule has 0 aliphatic carbocycles. The second kappa shape index (κ2) is 8.16. The van der Waals surface area contributed by atoms with E-state index in [0.29, 0.717) is 35.1 Å². The summed E-state index contributed by atoms with van der Waals surface area (Å²) in [4.78, 5) is 26.2. The topological polar surface area (TPSA) is 76.0 Å². The van der Waals surface area contributed by atoms with Crippen LogP contribution in [-0.4, -0.2) is 34.2 Å². The van der Waals surface area contributed by atoms with Crippen molar-refractivity contribution in [2.75, 3.05) is 6.54 Å². The zero-order valence-electron chi connectivity index (χ0n) is 15.0. The van der Waals surface area contributed by atoms with E-state index in [4.69, 9.17) is 11.6 Å². The Morgan fingerprint density at radius 3 is 2.93 bits per heavy atom. The standard InChI is InChI=1S/C20H19ClN4O2S/c21-13-5-3-6-14(11-13)25-17(12-16(24-25)18-8-4-10-28-18)20(27)23-15-7-1-2-9-22-19(15)26/h3-6,8,10-12,15H,1-2,7,9H2,(H,22,26)(H,23,27). The van der Waals surface area contributed by atoms with Gasteiger partial charge in [0.25, 0.3) is 5.91 Å². The number of nitrogens with zero attached hydrogens (tertiary/aromatic N) is 2. The van der Waals surface area contributed by atoms with Crippen molar-refractivity contribution in [1.82, 2.24) is 20.4 Å². The Hall–Kier alpha value is -2.64. The molecule has 6 nitrogen and oxygen atoms in total. The Balaban J connectivity index is 1.70. The van der Waals surface area contributed by atoms with Crippen molar-refractivity contribution in [3.8, 4) is 16.3 Å². The van der Waals surface area contributed by atoms with Gasteiger partial charge in [0.05, 0.1) is 10.6 Å². The summed E-state index contributed by atoms with van der Waals surface area (Å²) in [6.45, 7) is 0.647. The maximum Gasteiger partial charge on any atom is 0.270 e. The van der Waals surface area contributed by atoms with E-state index in [-0.39, 0.29) is 11.8 Å². The molecule has 2 N–H and O–H groups in total. The van der Waals surface area contributed by atoms with E-state index in [2.05, 4.69) is 15.7 Å². The smallest absolute Gasteiger partial charge is 0.270 e. The fourth-order valence-corrected chi connectivity index (χ4v) is 4.07. The summed E-state index contributed by atoms with van der Waals surface area (Å²) in [5.41, 5.74) is 1.75. The Morgan fingerprint density at radius 1 is 1.25 bits per heavy atom. The van der Waals surface area contributed by atoms with E-state index in [0.717, 1.165) is 17.7 Å². The van der Waals surface area contributed by atoms with Crippen LogP contribution >= 0.6 is 22.9 Å². The molecule has 0 saturated carbocycles. The van der Waals surface area contributed by atoms with E-state index < -0.39 is 6.04 Å². The third-order valence-electron chi connectivity index (χ3n) is 4.61. The highest BCUT2D eigenvalue weighted by Crippen LogP contribution is 2.26. The van der Waals surface area contributed by atoms with Gasteiger partial charge in [-0.25, -0.2) is 4.68 Å². The minimum atomic E-state index is -0.539. The summed E-state index contributed by atoms with van der Waals surface area (Å²) >= 11 is 7.68. The van der Waals surface area contributed by atoms with Crippen molar-refractivity contribution >= 4 is 34.8 Å². The summed E-state index contributed by atoms with van der Waals surface area (Å²) in [6.07, 6.45) is 2.43. The molecule has 0 spiro atoms. The fourth-order valence-electron chi connectivity index (χ4n) is 3.20. The number of rotatable bonds is 4. The highest BCUT2D eigenvalue weighted by molar-refractivity contribution is 7.13. The van der Waals surface area contributed by atoms with Crippen LogP contribution in [0.3, 0.4) is 0 Å². The monoisotopic (exact) mass is 414 g/mol. The molecule has 3 aromatic rings. The van der Waals surface area contributed by atoms with Gasteiger partial charge in [-0.1, -0.05) is 23.7 Å². The van der Waals surface area contributed by atoms with Crippen molar-refractivity contribution in [3.05, 3.63) is 58.6 Å². The molecule has 1 unspecified atom stereocenters. The molecule has 8 heteroatoms. The van der Waals surface area contributed by atoms with E-state index in [1.54, 1.807) is 34.2 Å². The maximum atomic E-state index is 13.1. The van der Waals surface area contributed by atoms with E-state index in [1.807, 2.05) is 29.6 Å². The Labute approximate surface area is 171 Å². The van der Waals surface area contributed by atoms with Gasteiger partial charge in [0.15, 0.2) is 0 Å². The van der Waals surface area contributed by atoms with E-state index >= 15 is 0 Å². The van der Waals surface area contributed by atoms with Crippen molar-refractivity contribution < 1.29 is 9.59 Å². The van der Waals surface area contributed by atoms with Crippen LogP contribution in [0.4, 0.5) is 0 Å². The van der Waals surface area contributed by atoms with Gasteiger partial charge in [0, 0.05) is 11.6 Å². The number of aromatic nitrogens is 2. The Bertz CT molecular complexity index is 1000. The van der Waals surface area contributed by atoms with Crippen molar-refractivity contribution in [2.45, 2.75) is 25.3 Å². The second-order valence-corrected chi connectivity index (χ2v) is 7.98. The molecule has 28 heavy (non-hydrogen) atoms. The number of amides is 2. The number of nitrogens with one attached hydrogen (secondary N) is 2. The third kappa shape index (κ3) is 3.95. The molecule has 1 fully saturated rings. The van der Waals surface area contributed by atoms with Gasteiger partial charge in [0.1, 0.15) is 17.4 Å². The molecule has 1 atom stereocenters. The van der Waals surface area contributed by atoms with Crippen LogP contribution in [0.25, 0.3) is 16.3 Å². The predicted octanol–water partition coefficient (Wildman–Crippen LogP) is 3.65. The molecule has 2 amide bonds. The molecule has 0 radical (unpaired) electrons. The molecule has 144 valence electrons. The minimum absolute atomic E-state index is 0.141. The minimum Gasteiger partial charge on any atom is -0.354 e. The molecule has 3 heterocycles. The molecule has 0 bridgehead atoms. The SMILES string of the molecule is O=C(NC1CCCCNC1=O)c1cc(-c2cccs2)nn1-c1cccc(Cl)c1. The second-order valence-electron chi connectivity index (χ2n) is 6.60. The van der Waals surface area contributed by atoms with Crippen molar-refractivity contribution in [3.63, 3.8) is 0 Å². The van der Waals surface area contributed by atoms with Gasteiger partial charge in [-0.2, -0.15) is 5.10 Å². The van der Waals surface area contributed by atoms with Gasteiger partial charge in [-0.05, 0) is 55.0 Å². The summed E-state index contributed by atoms with van der Waals surface area (Å²) in [5, 5.41) is 12.8. The normalized spacial score (nSPS) is 17.0. The van der Waals surface area contributed by atoms with Gasteiger partial charge < -0.3 is 10.6 Å². The first kappa shape index (κ1) is 18.7. The van der Waals surface area contributed by atoms with Crippen LogP contribution in [-0.2, 0) is 4.79 Å². The van der Waals surface area contributed by atoms with E-state index in [1.165, 1.54) is 0 Å². The van der Waals surface area contributed by atoms with Crippen LogP contribution in [0, 0.1) is 0 Å². The average molecular weight is 415 g/mol. The van der Waals surface area contributed by atoms with Gasteiger partial charge in [-0.15, -0.1) is 11.3 Å². The molecule has 1 aliphatic rings. The zero-order chi connectivity index (χ0) is 19.5. The Kier molecular flexibility index (Phi) is 5.45.